The van der Waals surface area contributed by atoms with Crippen LogP contribution in [-0.2, 0) is 63.1 Å². The number of anilines is 5. The molecule has 5 N–H and O–H groups in total. The Hall–Kier alpha value is -15.9. The van der Waals surface area contributed by atoms with E-state index in [1.54, 1.807) is 180 Å². The van der Waals surface area contributed by atoms with Crippen LogP contribution in [0, 0.1) is 6.92 Å². The summed E-state index contributed by atoms with van der Waals surface area (Å²) >= 11 is 24.8. The molecule has 4 heterocycles. The van der Waals surface area contributed by atoms with Crippen molar-refractivity contribution in [3.63, 3.8) is 0 Å². The molecule has 0 saturated heterocycles. The van der Waals surface area contributed by atoms with E-state index in [2.05, 4.69) is 26.6 Å². The highest BCUT2D eigenvalue weighted by atomic mass is 35.5. The van der Waals surface area contributed by atoms with Gasteiger partial charge in [0.05, 0.1) is 159 Å². The quantitative estimate of drug-likeness (QED) is 0.0215. The second kappa shape index (κ2) is 45.0. The Morgan fingerprint density at radius 3 is 1.08 bits per heavy atom. The number of amides is 5. The van der Waals surface area contributed by atoms with Crippen molar-refractivity contribution >= 4 is 170 Å². The van der Waals surface area contributed by atoms with Gasteiger partial charge in [-0.3, -0.25) is 61.9 Å². The molecule has 0 aliphatic carbocycles. The van der Waals surface area contributed by atoms with E-state index < -0.39 is 47.5 Å². The van der Waals surface area contributed by atoms with Crippen molar-refractivity contribution in [2.24, 2.45) is 0 Å². The lowest BCUT2D eigenvalue weighted by atomic mass is 10.1. The highest BCUT2D eigenvalue weighted by Gasteiger charge is 2.25. The van der Waals surface area contributed by atoms with Crippen molar-refractivity contribution < 1.29 is 80.9 Å². The third-order valence-electron chi connectivity index (χ3n) is 21.3. The molecular formula is C100H90Cl4N10O22. The average molecular weight is 1930 g/mol. The molecule has 0 saturated carbocycles. The number of aryl methyl sites for hydroxylation is 1. The molecule has 36 heteroatoms. The summed E-state index contributed by atoms with van der Waals surface area (Å²) in [6, 6.07) is 59.0. The van der Waals surface area contributed by atoms with Crippen LogP contribution in [0.1, 0.15) is 38.8 Å². The summed E-state index contributed by atoms with van der Waals surface area (Å²) in [5.74, 6) is 1.34. The van der Waals surface area contributed by atoms with Gasteiger partial charge in [-0.05, 0) is 135 Å². The largest absolute Gasteiger partial charge is 0.497 e. The first kappa shape index (κ1) is 99.1. The molecule has 32 nitrogen and oxygen atoms in total. The van der Waals surface area contributed by atoms with Crippen LogP contribution in [0.15, 0.2) is 249 Å². The molecule has 0 aliphatic rings. The Kier molecular flexibility index (Phi) is 32.8. The predicted octanol–water partition coefficient (Wildman–Crippen LogP) is 16.2. The zero-order chi connectivity index (χ0) is 97.9. The second-order valence-corrected chi connectivity index (χ2v) is 31.6. The number of carbonyl (C=O) groups is 7. The zero-order valence-corrected chi connectivity index (χ0v) is 78.4. The first-order valence-electron chi connectivity index (χ1n) is 41.3. The van der Waals surface area contributed by atoms with Crippen LogP contribution >= 0.6 is 46.4 Å². The highest BCUT2D eigenvalue weighted by molar-refractivity contribution is 6.34. The molecule has 136 heavy (non-hydrogen) atoms. The number of halogens is 4. The maximum atomic E-state index is 13.4. The van der Waals surface area contributed by atoms with Crippen molar-refractivity contribution in [2.75, 3.05) is 97.7 Å². The Morgan fingerprint density at radius 2 is 0.669 bits per heavy atom. The van der Waals surface area contributed by atoms with Crippen LogP contribution in [-0.4, -0.2) is 135 Å². The lowest BCUT2D eigenvalue weighted by Gasteiger charge is -2.17. The van der Waals surface area contributed by atoms with Crippen LogP contribution in [0.25, 0.3) is 54.5 Å². The molecule has 0 spiro atoms. The SMILES string of the molecule is COc1cc(OC)c(NC(=O)Cn2c(=O)n(CC(=O)Cc3ccc(C)cc3)c(=O)c3ccccc32)cc1Cl.COc1cc(OC)c(NC(=O)Cn2cc(C(C)=O)c(=O)c3ccccc32)cc1Cl.COc1ccc(NC(=O)c2cn(CC(=O)Nc3cc(Cl)c(OC)cc3OC)c3ccccc3c2=O)cc1.COc1ccc2c(c1)c(=O)c1ccccc1n2CC(=O)Nc1cc(Cl)c(OC)cc1OC. The Morgan fingerprint density at radius 1 is 0.316 bits per heavy atom. The molecule has 11 aromatic carbocycles. The molecule has 4 aromatic heterocycles. The van der Waals surface area contributed by atoms with Crippen LogP contribution in [0.3, 0.4) is 0 Å². The smallest absolute Gasteiger partial charge is 0.332 e. The van der Waals surface area contributed by atoms with Gasteiger partial charge in [-0.1, -0.05) is 125 Å². The van der Waals surface area contributed by atoms with Gasteiger partial charge in [0.25, 0.3) is 11.5 Å². The summed E-state index contributed by atoms with van der Waals surface area (Å²) in [5, 5.41) is 16.9. The zero-order valence-electron chi connectivity index (χ0n) is 75.3. The molecule has 0 radical (unpaired) electrons. The molecule has 0 unspecified atom stereocenters. The number of pyridine rings is 3. The number of carbonyl (C=O) groups excluding carboxylic acids is 7. The number of ether oxygens (including phenoxy) is 10. The molecule has 15 aromatic rings. The fourth-order valence-electron chi connectivity index (χ4n) is 14.7. The van der Waals surface area contributed by atoms with Gasteiger partial charge in [0.15, 0.2) is 22.4 Å². The van der Waals surface area contributed by atoms with E-state index >= 15 is 0 Å². The van der Waals surface area contributed by atoms with Crippen molar-refractivity contribution in [3.05, 3.63) is 319 Å². The van der Waals surface area contributed by atoms with Crippen LogP contribution in [0.2, 0.25) is 20.1 Å². The summed E-state index contributed by atoms with van der Waals surface area (Å²) in [6.07, 6.45) is 2.85. The normalized spacial score (nSPS) is 10.7. The molecule has 0 atom stereocenters. The topological polar surface area (TPSA) is 382 Å². The van der Waals surface area contributed by atoms with Crippen molar-refractivity contribution in [3.8, 4) is 57.5 Å². The number of aromatic nitrogens is 5. The summed E-state index contributed by atoms with van der Waals surface area (Å²) in [4.78, 5) is 155. The van der Waals surface area contributed by atoms with E-state index in [-0.39, 0.29) is 93.0 Å². The van der Waals surface area contributed by atoms with E-state index in [1.807, 2.05) is 43.3 Å². The molecule has 0 fully saturated rings. The van der Waals surface area contributed by atoms with Crippen molar-refractivity contribution in [1.29, 1.82) is 0 Å². The van der Waals surface area contributed by atoms with Gasteiger partial charge in [-0.2, -0.15) is 0 Å². The van der Waals surface area contributed by atoms with E-state index in [4.69, 9.17) is 93.8 Å². The molecule has 0 aliphatic heterocycles. The predicted molar refractivity (Wildman–Crippen MR) is 525 cm³/mol. The van der Waals surface area contributed by atoms with Crippen LogP contribution < -0.4 is 101 Å². The van der Waals surface area contributed by atoms with Gasteiger partial charge >= 0.3 is 5.69 Å². The fraction of sp³-hybridized carbons (Fsp3) is 0.180. The van der Waals surface area contributed by atoms with Gasteiger partial charge < -0.3 is 87.7 Å². The number of ketones is 2. The fourth-order valence-corrected chi connectivity index (χ4v) is 15.6. The second-order valence-electron chi connectivity index (χ2n) is 30.0. The molecular weight excluding hydrogens is 1830 g/mol. The number of hydrogen-bond acceptors (Lipinski definition) is 22. The standard InChI is InChI=1S/C28H26ClN3O6.C27H24ClN3O6.C24H21ClN2O5.C21H19ClN2O5/c1-17-8-10-18(11-9-17)12-19(33)15-32-27(35)20-6-4-5-7-23(20)31(28(32)36)16-26(34)30-22-13-21(29)24(37-2)14-25(22)38-3;1-35-17-10-8-16(9-11-17)29-27(34)19-14-31(22-7-5-4-6-18(22)26(19)33)15-25(32)30-21-12-20(28)23(36-2)13-24(21)37-3;1-30-14-8-9-20-16(10-14)24(29)15-6-4-5-7-19(15)27(20)13-23(28)26-18-11-17(25)21(31-2)12-22(18)32-3;1-12(25)14-10-24(17-7-5-4-6-13(17)21(14)27)11-20(26)23-16-8-15(22)18(28-2)9-19(16)29-3/h4-11,13-14H,12,15-16H2,1-3H3,(H,30,34);4-14H,15H2,1-3H3,(H,29,34)(H,30,32);4-12H,13H2,1-3H3,(H,26,28);4-10H,11H2,1-3H3,(H,23,26). The van der Waals surface area contributed by atoms with Gasteiger partial charge in [0.2, 0.25) is 29.1 Å². The maximum Gasteiger partial charge on any atom is 0.332 e. The third-order valence-corrected chi connectivity index (χ3v) is 22.5. The number of hydrogen-bond donors (Lipinski definition) is 5. The van der Waals surface area contributed by atoms with Crippen molar-refractivity contribution in [1.82, 2.24) is 22.8 Å². The van der Waals surface area contributed by atoms with E-state index in [0.717, 1.165) is 15.7 Å². The van der Waals surface area contributed by atoms with E-state index in [0.29, 0.717) is 139 Å². The average Bonchev–Trinajstić information content (AvgIpc) is 0.755. The first-order valence-corrected chi connectivity index (χ1v) is 42.8. The number of rotatable bonds is 29. The minimum absolute atomic E-state index is 0.0292. The summed E-state index contributed by atoms with van der Waals surface area (Å²) in [5.41, 5.74) is 4.02. The monoisotopic (exact) mass is 1920 g/mol. The van der Waals surface area contributed by atoms with Gasteiger partial charge in [0.1, 0.15) is 89.2 Å². The van der Waals surface area contributed by atoms with E-state index in [1.165, 1.54) is 105 Å². The molecule has 5 amide bonds. The minimum Gasteiger partial charge on any atom is -0.497 e. The lowest BCUT2D eigenvalue weighted by molar-refractivity contribution is -0.119. The maximum absolute atomic E-state index is 13.4. The Balaban J connectivity index is 0.000000164. The number of benzene rings is 11. The third kappa shape index (κ3) is 23.0. The molecule has 700 valence electrons. The Labute approximate surface area is 796 Å². The summed E-state index contributed by atoms with van der Waals surface area (Å²) < 4.78 is 59.4. The van der Waals surface area contributed by atoms with E-state index in [9.17, 15) is 57.5 Å². The highest BCUT2D eigenvalue weighted by Crippen LogP contribution is 2.41. The van der Waals surface area contributed by atoms with Crippen LogP contribution in [0.5, 0.6) is 57.5 Å². The van der Waals surface area contributed by atoms with Gasteiger partial charge in [-0.15, -0.1) is 0 Å². The number of nitrogens with one attached hydrogen (secondary N) is 5. The first-order chi connectivity index (χ1) is 65.4. The van der Waals surface area contributed by atoms with Crippen molar-refractivity contribution in [2.45, 2.75) is 53.0 Å². The number of methoxy groups -OCH3 is 10. The number of para-hydroxylation sites is 4. The summed E-state index contributed by atoms with van der Waals surface area (Å²) in [6.45, 7) is 2.09. The van der Waals surface area contributed by atoms with Crippen LogP contribution in [0.4, 0.5) is 28.4 Å². The molecule has 0 bridgehead atoms. The number of Topliss-reactive ketones (excluding diaryl/α,β-unsaturated/α-hetero) is 2. The van der Waals surface area contributed by atoms with Gasteiger partial charge in [0, 0.05) is 70.3 Å². The Bertz CT molecular complexity index is 7490. The summed E-state index contributed by atoms with van der Waals surface area (Å²) in [7, 11) is 14.8. The van der Waals surface area contributed by atoms with Gasteiger partial charge in [-0.25, -0.2) is 4.79 Å². The minimum atomic E-state index is -0.763. The molecule has 15 rings (SSSR count). The number of fused-ring (bicyclic) bond motifs is 5. The number of nitrogens with zero attached hydrogens (tertiary/aromatic N) is 5. The lowest BCUT2D eigenvalue weighted by Crippen LogP contribution is -2.43.